The van der Waals surface area contributed by atoms with Crippen molar-refractivity contribution in [2.75, 3.05) is 5.32 Å². The molecule has 3 aromatic rings. The second kappa shape index (κ2) is 6.88. The number of thiazole rings is 1. The number of rotatable bonds is 4. The van der Waals surface area contributed by atoms with Crippen LogP contribution in [0.15, 0.2) is 41.0 Å². The van der Waals surface area contributed by atoms with Gasteiger partial charge >= 0.3 is 6.03 Å². The summed E-state index contributed by atoms with van der Waals surface area (Å²) >= 11 is 1.52. The van der Waals surface area contributed by atoms with E-state index in [0.717, 1.165) is 32.6 Å². The van der Waals surface area contributed by atoms with E-state index in [1.54, 1.807) is 6.26 Å². The summed E-state index contributed by atoms with van der Waals surface area (Å²) in [7, 11) is 0. The van der Waals surface area contributed by atoms with E-state index in [2.05, 4.69) is 15.6 Å². The molecule has 0 spiro atoms. The quantitative estimate of drug-likeness (QED) is 0.726. The van der Waals surface area contributed by atoms with Gasteiger partial charge < -0.3 is 15.1 Å². The number of carbonyl (C=O) groups excluding carboxylic acids is 1. The third-order valence-electron chi connectivity index (χ3n) is 3.66. The van der Waals surface area contributed by atoms with E-state index in [-0.39, 0.29) is 6.03 Å². The van der Waals surface area contributed by atoms with Gasteiger partial charge in [-0.1, -0.05) is 17.7 Å². The van der Waals surface area contributed by atoms with Crippen LogP contribution in [0.4, 0.5) is 10.5 Å². The Kier molecular flexibility index (Phi) is 4.66. The first kappa shape index (κ1) is 16.3. The maximum atomic E-state index is 12.1. The van der Waals surface area contributed by atoms with E-state index in [0.29, 0.717) is 6.54 Å². The number of aromatic nitrogens is 1. The molecule has 0 aliphatic carbocycles. The van der Waals surface area contributed by atoms with Gasteiger partial charge in [0, 0.05) is 10.6 Å². The first-order valence-electron chi connectivity index (χ1n) is 7.65. The number of furan rings is 1. The third kappa shape index (κ3) is 3.65. The van der Waals surface area contributed by atoms with Gasteiger partial charge in [0.05, 0.1) is 18.5 Å². The Bertz CT molecular complexity index is 853. The minimum Gasteiger partial charge on any atom is -0.462 e. The monoisotopic (exact) mass is 341 g/mol. The molecule has 6 heteroatoms. The molecule has 0 aliphatic heterocycles. The first-order chi connectivity index (χ1) is 11.5. The van der Waals surface area contributed by atoms with Crippen molar-refractivity contribution in [2.24, 2.45) is 0 Å². The summed E-state index contributed by atoms with van der Waals surface area (Å²) in [5.41, 5.74) is 3.93. The van der Waals surface area contributed by atoms with Gasteiger partial charge in [-0.2, -0.15) is 0 Å². The lowest BCUT2D eigenvalue weighted by molar-refractivity contribution is 0.252. The number of urea groups is 1. The molecule has 0 saturated carbocycles. The van der Waals surface area contributed by atoms with Crippen LogP contribution in [0.25, 0.3) is 10.8 Å². The molecule has 0 radical (unpaired) electrons. The molecule has 124 valence electrons. The molecular formula is C18H19N3O2S. The summed E-state index contributed by atoms with van der Waals surface area (Å²) in [5, 5.41) is 6.58. The summed E-state index contributed by atoms with van der Waals surface area (Å²) < 4.78 is 5.36. The average Bonchev–Trinajstić information content (AvgIpc) is 3.17. The summed E-state index contributed by atoms with van der Waals surface area (Å²) in [6.45, 7) is 6.37. The van der Waals surface area contributed by atoms with Crippen molar-refractivity contribution in [3.63, 3.8) is 0 Å². The SMILES string of the molecule is Cc1ccc(NC(=O)NCc2sc(-c3ccco3)nc2C)c(C)c1. The smallest absolute Gasteiger partial charge is 0.319 e. The minimum absolute atomic E-state index is 0.227. The number of hydrogen-bond acceptors (Lipinski definition) is 4. The van der Waals surface area contributed by atoms with E-state index >= 15 is 0 Å². The van der Waals surface area contributed by atoms with Crippen LogP contribution in [0.2, 0.25) is 0 Å². The lowest BCUT2D eigenvalue weighted by Gasteiger charge is -2.10. The molecule has 2 aromatic heterocycles. The van der Waals surface area contributed by atoms with Crippen molar-refractivity contribution < 1.29 is 9.21 Å². The highest BCUT2D eigenvalue weighted by molar-refractivity contribution is 7.15. The number of benzene rings is 1. The van der Waals surface area contributed by atoms with Crippen LogP contribution in [0.3, 0.4) is 0 Å². The van der Waals surface area contributed by atoms with Gasteiger partial charge in [0.2, 0.25) is 0 Å². The van der Waals surface area contributed by atoms with E-state index < -0.39 is 0 Å². The second-order valence-corrected chi connectivity index (χ2v) is 6.71. The van der Waals surface area contributed by atoms with Crippen LogP contribution in [0, 0.1) is 20.8 Å². The third-order valence-corrected chi connectivity index (χ3v) is 4.84. The predicted molar refractivity (Wildman–Crippen MR) is 96.3 cm³/mol. The summed E-state index contributed by atoms with van der Waals surface area (Å²) in [6, 6.07) is 9.42. The fourth-order valence-electron chi connectivity index (χ4n) is 2.38. The summed E-state index contributed by atoms with van der Waals surface area (Å²) in [6.07, 6.45) is 1.63. The molecule has 0 saturated heterocycles. The molecule has 2 heterocycles. The highest BCUT2D eigenvalue weighted by atomic mass is 32.1. The van der Waals surface area contributed by atoms with Crippen LogP contribution in [0.1, 0.15) is 21.7 Å². The van der Waals surface area contributed by atoms with Gasteiger partial charge in [0.1, 0.15) is 0 Å². The molecule has 0 unspecified atom stereocenters. The lowest BCUT2D eigenvalue weighted by atomic mass is 10.1. The van der Waals surface area contributed by atoms with Gasteiger partial charge in [0.25, 0.3) is 0 Å². The van der Waals surface area contributed by atoms with Gasteiger partial charge in [0.15, 0.2) is 10.8 Å². The molecule has 0 atom stereocenters. The number of anilines is 1. The van der Waals surface area contributed by atoms with Crippen LogP contribution in [0.5, 0.6) is 0 Å². The summed E-state index contributed by atoms with van der Waals surface area (Å²) in [5.74, 6) is 0.745. The molecule has 2 N–H and O–H groups in total. The zero-order chi connectivity index (χ0) is 17.1. The zero-order valence-corrected chi connectivity index (χ0v) is 14.7. The van der Waals surface area contributed by atoms with E-state index in [9.17, 15) is 4.79 Å². The molecule has 1 aromatic carbocycles. The maximum Gasteiger partial charge on any atom is 0.319 e. The molecule has 24 heavy (non-hydrogen) atoms. The Morgan fingerprint density at radius 3 is 2.79 bits per heavy atom. The van der Waals surface area contributed by atoms with Crippen LogP contribution >= 0.6 is 11.3 Å². The molecule has 5 nitrogen and oxygen atoms in total. The van der Waals surface area contributed by atoms with Crippen molar-refractivity contribution >= 4 is 23.1 Å². The van der Waals surface area contributed by atoms with E-state index in [1.807, 2.05) is 51.1 Å². The van der Waals surface area contributed by atoms with Gasteiger partial charge in [-0.25, -0.2) is 9.78 Å². The lowest BCUT2D eigenvalue weighted by Crippen LogP contribution is -2.28. The largest absolute Gasteiger partial charge is 0.462 e. The molecule has 0 bridgehead atoms. The predicted octanol–water partition coefficient (Wildman–Crippen LogP) is 4.65. The first-order valence-corrected chi connectivity index (χ1v) is 8.47. The molecule has 0 aliphatic rings. The van der Waals surface area contributed by atoms with Crippen LogP contribution in [-0.4, -0.2) is 11.0 Å². The highest BCUT2D eigenvalue weighted by Gasteiger charge is 2.12. The summed E-state index contributed by atoms with van der Waals surface area (Å²) in [4.78, 5) is 17.6. The Labute approximate surface area is 144 Å². The van der Waals surface area contributed by atoms with Crippen molar-refractivity contribution in [3.05, 3.63) is 58.3 Å². The van der Waals surface area contributed by atoms with Crippen molar-refractivity contribution in [2.45, 2.75) is 27.3 Å². The average molecular weight is 341 g/mol. The van der Waals surface area contributed by atoms with Crippen molar-refractivity contribution in [1.29, 1.82) is 0 Å². The normalized spacial score (nSPS) is 10.6. The van der Waals surface area contributed by atoms with Crippen LogP contribution in [-0.2, 0) is 6.54 Å². The molecule has 2 amide bonds. The minimum atomic E-state index is -0.227. The second-order valence-electron chi connectivity index (χ2n) is 5.63. The Balaban J connectivity index is 1.62. The Morgan fingerprint density at radius 2 is 2.08 bits per heavy atom. The Hall–Kier alpha value is -2.60. The molecule has 3 rings (SSSR count). The van der Waals surface area contributed by atoms with Gasteiger partial charge in [-0.15, -0.1) is 11.3 Å². The van der Waals surface area contributed by atoms with Crippen molar-refractivity contribution in [1.82, 2.24) is 10.3 Å². The van der Waals surface area contributed by atoms with E-state index in [1.165, 1.54) is 16.9 Å². The number of nitrogens with one attached hydrogen (secondary N) is 2. The van der Waals surface area contributed by atoms with E-state index in [4.69, 9.17) is 4.42 Å². The Morgan fingerprint density at radius 1 is 1.25 bits per heavy atom. The number of amides is 2. The maximum absolute atomic E-state index is 12.1. The number of hydrogen-bond donors (Lipinski definition) is 2. The topological polar surface area (TPSA) is 67.2 Å². The number of aryl methyl sites for hydroxylation is 3. The zero-order valence-electron chi connectivity index (χ0n) is 13.8. The van der Waals surface area contributed by atoms with Crippen molar-refractivity contribution in [3.8, 4) is 10.8 Å². The number of nitrogens with zero attached hydrogens (tertiary/aromatic N) is 1. The van der Waals surface area contributed by atoms with Gasteiger partial charge in [-0.05, 0) is 44.5 Å². The highest BCUT2D eigenvalue weighted by Crippen LogP contribution is 2.28. The molecular weight excluding hydrogens is 322 g/mol. The number of carbonyl (C=O) groups is 1. The standard InChI is InChI=1S/C18H19N3O2S/c1-11-6-7-14(12(2)9-11)21-18(22)19-10-16-13(3)20-17(24-16)15-5-4-8-23-15/h4-9H,10H2,1-3H3,(H2,19,21,22). The fourth-order valence-corrected chi connectivity index (χ4v) is 3.35. The molecule has 0 fully saturated rings. The van der Waals surface area contributed by atoms with Gasteiger partial charge in [-0.3, -0.25) is 0 Å². The van der Waals surface area contributed by atoms with Crippen LogP contribution < -0.4 is 10.6 Å². The fraction of sp³-hybridized carbons (Fsp3) is 0.222.